The minimum absolute atomic E-state index is 0.0847. The van der Waals surface area contributed by atoms with Gasteiger partial charge in [-0.25, -0.2) is 0 Å². The third-order valence-electron chi connectivity index (χ3n) is 7.68. The van der Waals surface area contributed by atoms with Gasteiger partial charge >= 0.3 is 0 Å². The van der Waals surface area contributed by atoms with E-state index in [0.29, 0.717) is 18.0 Å². The molecule has 2 aromatic rings. The molecular formula is C30H34N6O. The fraction of sp³-hybridized carbons (Fsp3) is 0.400. The van der Waals surface area contributed by atoms with Crippen LogP contribution in [0.2, 0.25) is 0 Å². The molecule has 0 saturated carbocycles. The molecule has 1 N–H and O–H groups in total. The Morgan fingerprint density at radius 1 is 1.08 bits per heavy atom. The Bertz CT molecular complexity index is 1290. The normalized spacial score (nSPS) is 19.6. The molecule has 0 unspecified atom stereocenters. The summed E-state index contributed by atoms with van der Waals surface area (Å²) in [4.78, 5) is 27.0. The number of nitrogens with one attached hydrogen (secondary N) is 1. The first-order valence-corrected chi connectivity index (χ1v) is 13.2. The van der Waals surface area contributed by atoms with Crippen LogP contribution in [0.15, 0.2) is 64.2 Å². The van der Waals surface area contributed by atoms with Crippen molar-refractivity contribution in [3.63, 3.8) is 0 Å². The van der Waals surface area contributed by atoms with Gasteiger partial charge in [-0.2, -0.15) is 5.26 Å². The second-order valence-corrected chi connectivity index (χ2v) is 10.1. The van der Waals surface area contributed by atoms with E-state index in [2.05, 4.69) is 27.4 Å². The molecule has 1 amide bonds. The Morgan fingerprint density at radius 2 is 1.81 bits per heavy atom. The lowest BCUT2D eigenvalue weighted by atomic mass is 9.88. The molecule has 0 radical (unpaired) electrons. The Balaban J connectivity index is 1.24. The van der Waals surface area contributed by atoms with Gasteiger partial charge in [-0.05, 0) is 67.9 Å². The minimum Gasteiger partial charge on any atom is -0.357 e. The Kier molecular flexibility index (Phi) is 7.36. The van der Waals surface area contributed by atoms with Crippen molar-refractivity contribution in [3.8, 4) is 6.07 Å². The van der Waals surface area contributed by atoms with E-state index in [4.69, 9.17) is 10.3 Å². The molecule has 0 spiro atoms. The number of carbonyl (C=O) groups excluding carboxylic acids is 1. The number of carbonyl (C=O) groups is 1. The van der Waals surface area contributed by atoms with Gasteiger partial charge in [0.05, 0.1) is 18.2 Å². The van der Waals surface area contributed by atoms with Crippen LogP contribution in [0.5, 0.6) is 0 Å². The van der Waals surface area contributed by atoms with Crippen LogP contribution in [-0.4, -0.2) is 67.1 Å². The molecule has 3 aliphatic heterocycles. The molecule has 3 heterocycles. The number of rotatable bonds is 4. The summed E-state index contributed by atoms with van der Waals surface area (Å²) >= 11 is 0. The van der Waals surface area contributed by atoms with E-state index in [1.807, 2.05) is 61.3 Å². The number of nitrogens with zero attached hydrogens (tertiary/aromatic N) is 5. The number of aryl methyl sites for hydroxylation is 1. The number of amidine groups is 2. The molecule has 5 rings (SSSR count). The Labute approximate surface area is 219 Å². The van der Waals surface area contributed by atoms with Crippen molar-refractivity contribution in [1.82, 2.24) is 15.1 Å². The summed E-state index contributed by atoms with van der Waals surface area (Å²) in [6.45, 7) is 6.15. The molecule has 7 heteroatoms. The molecule has 190 valence electrons. The highest BCUT2D eigenvalue weighted by atomic mass is 16.2. The van der Waals surface area contributed by atoms with Crippen LogP contribution in [0.3, 0.4) is 0 Å². The van der Waals surface area contributed by atoms with Crippen LogP contribution in [0, 0.1) is 18.3 Å². The number of hydrogen-bond acceptors (Lipinski definition) is 5. The third-order valence-corrected chi connectivity index (χ3v) is 7.68. The highest BCUT2D eigenvalue weighted by Crippen LogP contribution is 2.29. The number of benzene rings is 2. The van der Waals surface area contributed by atoms with Crippen LogP contribution < -0.4 is 5.32 Å². The van der Waals surface area contributed by atoms with Crippen LogP contribution in [0.1, 0.15) is 64.2 Å². The van der Waals surface area contributed by atoms with Crippen LogP contribution in [0.4, 0.5) is 0 Å². The monoisotopic (exact) mass is 494 g/mol. The first-order valence-electron chi connectivity index (χ1n) is 13.2. The fourth-order valence-electron chi connectivity index (χ4n) is 5.46. The molecule has 3 aliphatic rings. The Hall–Kier alpha value is -3.92. The molecular weight excluding hydrogens is 460 g/mol. The van der Waals surface area contributed by atoms with Gasteiger partial charge in [0.25, 0.3) is 5.91 Å². The van der Waals surface area contributed by atoms with Gasteiger partial charge in [-0.15, -0.1) is 0 Å². The van der Waals surface area contributed by atoms with Crippen LogP contribution in [0.25, 0.3) is 0 Å². The number of amides is 1. The van der Waals surface area contributed by atoms with Gasteiger partial charge in [-0.3, -0.25) is 14.8 Å². The molecule has 0 bridgehead atoms. The summed E-state index contributed by atoms with van der Waals surface area (Å²) in [5, 5.41) is 12.5. The van der Waals surface area contributed by atoms with Crippen molar-refractivity contribution in [1.29, 1.82) is 5.26 Å². The fourth-order valence-corrected chi connectivity index (χ4v) is 5.46. The van der Waals surface area contributed by atoms with E-state index >= 15 is 0 Å². The van der Waals surface area contributed by atoms with E-state index < -0.39 is 0 Å². The first kappa shape index (κ1) is 24.8. The highest BCUT2D eigenvalue weighted by molar-refractivity contribution is 6.05. The van der Waals surface area contributed by atoms with Crippen LogP contribution >= 0.6 is 0 Å². The SMILES string of the molecule is CN=C(/C=C1\CN=C(c2ccc(C)c(C(=O)N3CCC(c4ccc(C#N)cc4)CC3)c2)N1)N1CCCC1. The average Bonchev–Trinajstić information content (AvgIpc) is 3.65. The van der Waals surface area contributed by atoms with Crippen molar-refractivity contribution in [2.45, 2.75) is 38.5 Å². The standard InChI is InChI=1S/C30H34N6O/c1-21-5-8-25(29-33-20-26(34-29)18-28(32-2)35-13-3-4-14-35)17-27(21)30(37)36-15-11-24(12-16-36)23-9-6-22(19-31)7-10-23/h5-10,17-18,24H,3-4,11-16,20H2,1-2H3,(H,33,34)/b26-18+,32-28?. The quantitative estimate of drug-likeness (QED) is 0.509. The lowest BCUT2D eigenvalue weighted by Crippen LogP contribution is -2.38. The summed E-state index contributed by atoms with van der Waals surface area (Å²) in [6.07, 6.45) is 6.38. The third kappa shape index (κ3) is 5.43. The molecule has 0 atom stereocenters. The van der Waals surface area contributed by atoms with Gasteiger partial charge in [0.15, 0.2) is 0 Å². The molecule has 2 aromatic carbocycles. The maximum Gasteiger partial charge on any atom is 0.254 e. The second-order valence-electron chi connectivity index (χ2n) is 10.1. The maximum absolute atomic E-state index is 13.5. The maximum atomic E-state index is 13.5. The average molecular weight is 495 g/mol. The number of aliphatic imine (C=N–C) groups is 2. The smallest absolute Gasteiger partial charge is 0.254 e. The zero-order valence-corrected chi connectivity index (χ0v) is 21.7. The van der Waals surface area contributed by atoms with Crippen LogP contribution in [-0.2, 0) is 0 Å². The highest BCUT2D eigenvalue weighted by Gasteiger charge is 2.26. The van der Waals surface area contributed by atoms with E-state index in [0.717, 1.165) is 73.1 Å². The molecule has 37 heavy (non-hydrogen) atoms. The Morgan fingerprint density at radius 3 is 2.49 bits per heavy atom. The first-order chi connectivity index (χ1) is 18.1. The summed E-state index contributed by atoms with van der Waals surface area (Å²) < 4.78 is 0. The van der Waals surface area contributed by atoms with Gasteiger partial charge < -0.3 is 15.1 Å². The zero-order valence-electron chi connectivity index (χ0n) is 21.7. The predicted molar refractivity (Wildman–Crippen MR) is 147 cm³/mol. The van der Waals surface area contributed by atoms with E-state index in [-0.39, 0.29) is 5.91 Å². The summed E-state index contributed by atoms with van der Waals surface area (Å²) in [5.74, 6) is 2.31. The number of likely N-dealkylation sites (tertiary alicyclic amines) is 2. The number of hydrogen-bond donors (Lipinski definition) is 1. The molecule has 2 fully saturated rings. The largest absolute Gasteiger partial charge is 0.357 e. The molecule has 0 aliphatic carbocycles. The zero-order chi connectivity index (χ0) is 25.8. The van der Waals surface area contributed by atoms with Crippen molar-refractivity contribution in [2.24, 2.45) is 9.98 Å². The van der Waals surface area contributed by atoms with Crippen molar-refractivity contribution in [3.05, 3.63) is 82.1 Å². The van der Waals surface area contributed by atoms with Crippen molar-refractivity contribution < 1.29 is 4.79 Å². The van der Waals surface area contributed by atoms with E-state index in [9.17, 15) is 4.79 Å². The predicted octanol–water partition coefficient (Wildman–Crippen LogP) is 4.24. The molecule has 2 saturated heterocycles. The lowest BCUT2D eigenvalue weighted by molar-refractivity contribution is 0.0712. The second kappa shape index (κ2) is 11.0. The number of nitriles is 1. The molecule has 7 nitrogen and oxygen atoms in total. The van der Waals surface area contributed by atoms with Crippen molar-refractivity contribution in [2.75, 3.05) is 39.8 Å². The van der Waals surface area contributed by atoms with E-state index in [1.165, 1.54) is 18.4 Å². The van der Waals surface area contributed by atoms with Gasteiger partial charge in [0, 0.05) is 56.1 Å². The number of piperidine rings is 1. The van der Waals surface area contributed by atoms with E-state index in [1.54, 1.807) is 0 Å². The topological polar surface area (TPSA) is 84.1 Å². The van der Waals surface area contributed by atoms with Gasteiger partial charge in [0.2, 0.25) is 0 Å². The summed E-state index contributed by atoms with van der Waals surface area (Å²) in [6, 6.07) is 16.1. The summed E-state index contributed by atoms with van der Waals surface area (Å²) in [5.41, 5.74) is 5.61. The van der Waals surface area contributed by atoms with Gasteiger partial charge in [0.1, 0.15) is 11.7 Å². The minimum atomic E-state index is 0.0847. The van der Waals surface area contributed by atoms with Crippen molar-refractivity contribution >= 4 is 17.6 Å². The van der Waals surface area contributed by atoms with Gasteiger partial charge in [-0.1, -0.05) is 24.3 Å². The summed E-state index contributed by atoms with van der Waals surface area (Å²) in [7, 11) is 1.84. The lowest BCUT2D eigenvalue weighted by Gasteiger charge is -2.32. The molecule has 0 aromatic heterocycles.